The van der Waals surface area contributed by atoms with Crippen LogP contribution in [0.5, 0.6) is 0 Å². The lowest BCUT2D eigenvalue weighted by Crippen LogP contribution is -2.62. The van der Waals surface area contributed by atoms with E-state index < -0.39 is 17.4 Å². The lowest BCUT2D eigenvalue weighted by molar-refractivity contribution is -0.160. The number of primary amides is 1. The zero-order valence-electron chi connectivity index (χ0n) is 14.8. The molecular formula is C19H21N5O3. The van der Waals surface area contributed by atoms with E-state index in [2.05, 4.69) is 11.1 Å². The molecule has 8 nitrogen and oxygen atoms in total. The Hall–Kier alpha value is -3.18. The van der Waals surface area contributed by atoms with E-state index in [1.165, 1.54) is 12.5 Å². The zero-order chi connectivity index (χ0) is 19.4. The molecule has 1 aliphatic rings. The highest BCUT2D eigenvalue weighted by Gasteiger charge is 2.54. The minimum absolute atomic E-state index is 0.244. The number of nitrogens with zero attached hydrogens (tertiary/aromatic N) is 4. The van der Waals surface area contributed by atoms with Crippen LogP contribution in [-0.4, -0.2) is 44.5 Å². The molecule has 0 saturated carbocycles. The molecule has 3 N–H and O–H groups in total. The molecule has 1 aliphatic heterocycles. The second-order valence-electron chi connectivity index (χ2n) is 6.64. The van der Waals surface area contributed by atoms with Crippen molar-refractivity contribution >= 4 is 11.9 Å². The molecule has 2 aromatic rings. The van der Waals surface area contributed by atoms with Crippen molar-refractivity contribution in [1.82, 2.24) is 14.5 Å². The minimum Gasteiger partial charge on any atom is -0.479 e. The average molecular weight is 367 g/mol. The van der Waals surface area contributed by atoms with Gasteiger partial charge in [0, 0.05) is 19.6 Å². The number of carbonyl (C=O) groups excluding carboxylic acids is 1. The fraction of sp³-hybridized carbons (Fsp3) is 0.368. The fourth-order valence-electron chi connectivity index (χ4n) is 3.65. The Labute approximate surface area is 156 Å². The number of hydrogen-bond acceptors (Lipinski definition) is 5. The highest BCUT2D eigenvalue weighted by molar-refractivity contribution is 6.06. The van der Waals surface area contributed by atoms with Crippen LogP contribution in [0.15, 0.2) is 36.8 Å². The van der Waals surface area contributed by atoms with Crippen LogP contribution in [0.1, 0.15) is 36.1 Å². The third-order valence-corrected chi connectivity index (χ3v) is 5.02. The standard InChI is InChI=1S/C19H21N5O3/c20-10-14-4-6-15(7-5-14)12-23-13-22-11-16(23)19(17(21)25,18(26)27)24-8-2-1-3-9-24/h4-7,11,13H,1-3,8-9,12H2,(H2,21,25)(H,26,27). The molecule has 140 valence electrons. The van der Waals surface area contributed by atoms with E-state index in [9.17, 15) is 14.7 Å². The molecule has 1 atom stereocenters. The highest BCUT2D eigenvalue weighted by Crippen LogP contribution is 2.32. The SMILES string of the molecule is N#Cc1ccc(Cn2cncc2C(C(N)=O)(C(=O)O)N2CCCCC2)cc1. The number of carboxylic acids is 1. The number of nitrogens with two attached hydrogens (primary N) is 1. The minimum atomic E-state index is -1.95. The molecule has 1 fully saturated rings. The Kier molecular flexibility index (Phi) is 5.23. The van der Waals surface area contributed by atoms with Crippen molar-refractivity contribution in [2.24, 2.45) is 5.73 Å². The number of likely N-dealkylation sites (tertiary alicyclic amines) is 1. The van der Waals surface area contributed by atoms with Crippen molar-refractivity contribution in [2.75, 3.05) is 13.1 Å². The van der Waals surface area contributed by atoms with Gasteiger partial charge in [-0.1, -0.05) is 18.6 Å². The summed E-state index contributed by atoms with van der Waals surface area (Å²) in [6.07, 6.45) is 5.52. The van der Waals surface area contributed by atoms with E-state index in [-0.39, 0.29) is 5.69 Å². The van der Waals surface area contributed by atoms with Crippen LogP contribution in [0.25, 0.3) is 0 Å². The largest absolute Gasteiger partial charge is 0.479 e. The predicted octanol–water partition coefficient (Wildman–Crippen LogP) is 1.05. The van der Waals surface area contributed by atoms with Crippen LogP contribution in [0.2, 0.25) is 0 Å². The molecule has 0 aliphatic carbocycles. The molecule has 2 heterocycles. The molecule has 0 radical (unpaired) electrons. The number of aromatic nitrogens is 2. The fourth-order valence-corrected chi connectivity index (χ4v) is 3.65. The van der Waals surface area contributed by atoms with E-state index in [0.29, 0.717) is 25.2 Å². The second-order valence-corrected chi connectivity index (χ2v) is 6.64. The van der Waals surface area contributed by atoms with E-state index >= 15 is 0 Å². The number of rotatable bonds is 6. The smallest absolute Gasteiger partial charge is 0.340 e. The number of carbonyl (C=O) groups is 2. The Bertz CT molecular complexity index is 861. The van der Waals surface area contributed by atoms with Gasteiger partial charge in [-0.15, -0.1) is 0 Å². The topological polar surface area (TPSA) is 125 Å². The number of piperidine rings is 1. The van der Waals surface area contributed by atoms with Crippen LogP contribution in [-0.2, 0) is 21.7 Å². The van der Waals surface area contributed by atoms with Gasteiger partial charge in [0.1, 0.15) is 0 Å². The van der Waals surface area contributed by atoms with Gasteiger partial charge in [0.15, 0.2) is 0 Å². The summed E-state index contributed by atoms with van der Waals surface area (Å²) in [4.78, 5) is 30.5. The average Bonchev–Trinajstić information content (AvgIpc) is 3.11. The number of nitriles is 1. The van der Waals surface area contributed by atoms with Crippen LogP contribution in [0.4, 0.5) is 0 Å². The first kappa shape index (κ1) is 18.6. The maximum absolute atomic E-state index is 12.5. The number of imidazole rings is 1. The van der Waals surface area contributed by atoms with Crippen molar-refractivity contribution in [3.63, 3.8) is 0 Å². The van der Waals surface area contributed by atoms with Gasteiger partial charge in [0.05, 0.1) is 29.9 Å². The summed E-state index contributed by atoms with van der Waals surface area (Å²) >= 11 is 0. The zero-order valence-corrected chi connectivity index (χ0v) is 14.8. The van der Waals surface area contributed by atoms with E-state index in [1.54, 1.807) is 33.7 Å². The van der Waals surface area contributed by atoms with Crippen LogP contribution < -0.4 is 5.73 Å². The highest BCUT2D eigenvalue weighted by atomic mass is 16.4. The molecule has 3 rings (SSSR count). The quantitative estimate of drug-likeness (QED) is 0.735. The van der Waals surface area contributed by atoms with Gasteiger partial charge in [0.2, 0.25) is 5.54 Å². The number of aliphatic carboxylic acids is 1. The number of amides is 1. The molecule has 27 heavy (non-hydrogen) atoms. The summed E-state index contributed by atoms with van der Waals surface area (Å²) in [5.41, 5.74) is 5.34. The van der Waals surface area contributed by atoms with Gasteiger partial charge in [0.25, 0.3) is 5.91 Å². The molecule has 1 amide bonds. The summed E-state index contributed by atoms with van der Waals surface area (Å²) in [5.74, 6) is -2.21. The Balaban J connectivity index is 2.03. The van der Waals surface area contributed by atoms with E-state index in [1.807, 2.05) is 0 Å². The van der Waals surface area contributed by atoms with Gasteiger partial charge >= 0.3 is 5.97 Å². The number of carboxylic acid groups (broad SMARTS) is 1. The summed E-state index contributed by atoms with van der Waals surface area (Å²) < 4.78 is 1.63. The van der Waals surface area contributed by atoms with Crippen LogP contribution >= 0.6 is 0 Å². The lowest BCUT2D eigenvalue weighted by atomic mass is 9.89. The monoisotopic (exact) mass is 367 g/mol. The van der Waals surface area contributed by atoms with Crippen molar-refractivity contribution in [2.45, 2.75) is 31.3 Å². The Morgan fingerprint density at radius 1 is 1.22 bits per heavy atom. The molecule has 0 spiro atoms. The normalized spacial score (nSPS) is 17.0. The third kappa shape index (κ3) is 3.29. The molecule has 0 bridgehead atoms. The Morgan fingerprint density at radius 2 is 1.89 bits per heavy atom. The molecule has 8 heteroatoms. The first-order valence-electron chi connectivity index (χ1n) is 8.78. The molecular weight excluding hydrogens is 346 g/mol. The van der Waals surface area contributed by atoms with Crippen LogP contribution in [0, 0.1) is 11.3 Å². The summed E-state index contributed by atoms with van der Waals surface area (Å²) in [6, 6.07) is 9.01. The van der Waals surface area contributed by atoms with Gasteiger partial charge in [-0.25, -0.2) is 9.78 Å². The predicted molar refractivity (Wildman–Crippen MR) is 96.4 cm³/mol. The molecule has 1 unspecified atom stereocenters. The van der Waals surface area contributed by atoms with E-state index in [4.69, 9.17) is 11.0 Å². The van der Waals surface area contributed by atoms with Crippen molar-refractivity contribution in [1.29, 1.82) is 5.26 Å². The maximum Gasteiger partial charge on any atom is 0.340 e. The third-order valence-electron chi connectivity index (χ3n) is 5.02. The summed E-state index contributed by atoms with van der Waals surface area (Å²) in [5, 5.41) is 19.0. The summed E-state index contributed by atoms with van der Waals surface area (Å²) in [7, 11) is 0. The molecule has 1 saturated heterocycles. The lowest BCUT2D eigenvalue weighted by Gasteiger charge is -2.40. The second kappa shape index (κ2) is 7.60. The van der Waals surface area contributed by atoms with Crippen molar-refractivity contribution in [3.8, 4) is 6.07 Å². The summed E-state index contributed by atoms with van der Waals surface area (Å²) in [6.45, 7) is 1.28. The number of benzene rings is 1. The van der Waals surface area contributed by atoms with Crippen LogP contribution in [0.3, 0.4) is 0 Å². The molecule has 1 aromatic heterocycles. The van der Waals surface area contributed by atoms with Crippen molar-refractivity contribution in [3.05, 3.63) is 53.6 Å². The number of hydrogen-bond donors (Lipinski definition) is 2. The maximum atomic E-state index is 12.5. The van der Waals surface area contributed by atoms with Gasteiger partial charge in [-0.05, 0) is 30.5 Å². The van der Waals surface area contributed by atoms with Gasteiger partial charge in [-0.2, -0.15) is 5.26 Å². The molecule has 1 aromatic carbocycles. The van der Waals surface area contributed by atoms with Gasteiger partial charge in [-0.3, -0.25) is 9.69 Å². The van der Waals surface area contributed by atoms with Crippen molar-refractivity contribution < 1.29 is 14.7 Å². The first-order valence-corrected chi connectivity index (χ1v) is 8.78. The first-order chi connectivity index (χ1) is 13.0. The van der Waals surface area contributed by atoms with E-state index in [0.717, 1.165) is 24.8 Å². The Morgan fingerprint density at radius 3 is 2.44 bits per heavy atom. The van der Waals surface area contributed by atoms with Gasteiger partial charge < -0.3 is 15.4 Å².